The minimum absolute atomic E-state index is 0.268. The number of β-amino-alcohol motifs (C(OH)–C–C–N with tert-alkyl or cyclic N) is 1. The summed E-state index contributed by atoms with van der Waals surface area (Å²) in [6.45, 7) is 7.46. The molecule has 5 rings (SSSR count). The summed E-state index contributed by atoms with van der Waals surface area (Å²) < 4.78 is 19.1. The van der Waals surface area contributed by atoms with Crippen molar-refractivity contribution < 1.29 is 28.9 Å². The summed E-state index contributed by atoms with van der Waals surface area (Å²) in [6.07, 6.45) is 2.90. The van der Waals surface area contributed by atoms with E-state index in [1.165, 1.54) is 10.1 Å². The number of aromatic nitrogens is 2. The minimum Gasteiger partial charge on any atom is -0.487 e. The molecular formula is C32H37N5O6. The summed E-state index contributed by atoms with van der Waals surface area (Å²) in [5.41, 5.74) is 2.36. The first-order valence-corrected chi connectivity index (χ1v) is 14.4. The Morgan fingerprint density at radius 3 is 2.58 bits per heavy atom. The van der Waals surface area contributed by atoms with Crippen molar-refractivity contribution in [1.29, 1.82) is 0 Å². The standard InChI is InChI=1S/C32H37N5O6/c1-4-41-13-14-42-28-17-27-24(10-12-37(27)32(40)33-3)15-29(28)43-26-9-11-34-30(16-26)35-31(39)23-7-5-22(6-8-23)25-19-36(20-25)18-21(2)38/h5-12,15-17,21,25,38H,4,13-14,18-20H2,1-3H3,(H,33,40)(H,34,35,39)/t21-/m1/s1. The highest BCUT2D eigenvalue weighted by atomic mass is 16.5. The fourth-order valence-corrected chi connectivity index (χ4v) is 5.06. The predicted molar refractivity (Wildman–Crippen MR) is 163 cm³/mol. The Balaban J connectivity index is 1.28. The van der Waals surface area contributed by atoms with Crippen molar-refractivity contribution in [1.82, 2.24) is 19.8 Å². The number of likely N-dealkylation sites (tertiary alicyclic amines) is 1. The van der Waals surface area contributed by atoms with Crippen LogP contribution in [-0.4, -0.2) is 84.1 Å². The SMILES string of the molecule is CCOCCOc1cc2c(ccn2C(=O)NC)cc1Oc1ccnc(NC(=O)c2ccc(C3CN(C[C@@H](C)O)C3)cc2)c1. The second-order valence-electron chi connectivity index (χ2n) is 10.5. The number of carbonyl (C=O) groups is 2. The number of aliphatic hydroxyl groups excluding tert-OH is 1. The molecule has 43 heavy (non-hydrogen) atoms. The summed E-state index contributed by atoms with van der Waals surface area (Å²) in [5, 5.41) is 15.8. The predicted octanol–water partition coefficient (Wildman–Crippen LogP) is 4.46. The molecule has 0 radical (unpaired) electrons. The third kappa shape index (κ3) is 7.31. The molecule has 11 nitrogen and oxygen atoms in total. The zero-order valence-corrected chi connectivity index (χ0v) is 24.6. The number of rotatable bonds is 12. The molecular weight excluding hydrogens is 550 g/mol. The van der Waals surface area contributed by atoms with Crippen LogP contribution in [0.25, 0.3) is 10.9 Å². The van der Waals surface area contributed by atoms with Gasteiger partial charge in [-0.25, -0.2) is 9.78 Å². The van der Waals surface area contributed by atoms with Gasteiger partial charge in [0.05, 0.1) is 18.2 Å². The number of benzene rings is 2. The fourth-order valence-electron chi connectivity index (χ4n) is 5.06. The van der Waals surface area contributed by atoms with E-state index in [4.69, 9.17) is 14.2 Å². The third-order valence-electron chi connectivity index (χ3n) is 7.20. The number of nitrogens with one attached hydrogen (secondary N) is 2. The highest BCUT2D eigenvalue weighted by Crippen LogP contribution is 2.37. The van der Waals surface area contributed by atoms with Gasteiger partial charge in [0.1, 0.15) is 18.2 Å². The van der Waals surface area contributed by atoms with Gasteiger partial charge in [0.25, 0.3) is 5.91 Å². The van der Waals surface area contributed by atoms with Gasteiger partial charge in [-0.3, -0.25) is 14.3 Å². The van der Waals surface area contributed by atoms with E-state index < -0.39 is 0 Å². The van der Waals surface area contributed by atoms with Crippen molar-refractivity contribution in [2.24, 2.45) is 0 Å². The van der Waals surface area contributed by atoms with Gasteiger partial charge < -0.3 is 30.0 Å². The molecule has 2 amide bonds. The van der Waals surface area contributed by atoms with Gasteiger partial charge in [-0.2, -0.15) is 0 Å². The van der Waals surface area contributed by atoms with E-state index in [0.717, 1.165) is 18.5 Å². The van der Waals surface area contributed by atoms with Crippen LogP contribution in [0.5, 0.6) is 17.2 Å². The molecule has 0 bridgehead atoms. The molecule has 2 aromatic heterocycles. The van der Waals surface area contributed by atoms with E-state index in [9.17, 15) is 14.7 Å². The van der Waals surface area contributed by atoms with Gasteiger partial charge in [0.15, 0.2) is 11.5 Å². The number of hydrogen-bond donors (Lipinski definition) is 3. The van der Waals surface area contributed by atoms with Gasteiger partial charge >= 0.3 is 6.03 Å². The van der Waals surface area contributed by atoms with Crippen LogP contribution in [-0.2, 0) is 4.74 Å². The number of aliphatic hydroxyl groups is 1. The van der Waals surface area contributed by atoms with E-state index >= 15 is 0 Å². The molecule has 1 saturated heterocycles. The maximum absolute atomic E-state index is 13.0. The second kappa shape index (κ2) is 13.7. The lowest BCUT2D eigenvalue weighted by Crippen LogP contribution is -2.47. The number of nitrogens with zero attached hydrogens (tertiary/aromatic N) is 3. The molecule has 2 aromatic carbocycles. The first-order chi connectivity index (χ1) is 20.8. The van der Waals surface area contributed by atoms with Crippen LogP contribution in [0, 0.1) is 0 Å². The normalized spacial score (nSPS) is 14.2. The summed E-state index contributed by atoms with van der Waals surface area (Å²) in [4.78, 5) is 31.8. The Kier molecular flexibility index (Phi) is 9.55. The van der Waals surface area contributed by atoms with Crippen LogP contribution < -0.4 is 20.1 Å². The largest absolute Gasteiger partial charge is 0.487 e. The average molecular weight is 588 g/mol. The molecule has 1 aliphatic heterocycles. The van der Waals surface area contributed by atoms with Crippen LogP contribution in [0.4, 0.5) is 10.6 Å². The number of ether oxygens (including phenoxy) is 3. The highest BCUT2D eigenvalue weighted by Gasteiger charge is 2.28. The van der Waals surface area contributed by atoms with Crippen LogP contribution in [0.15, 0.2) is 67.0 Å². The highest BCUT2D eigenvalue weighted by molar-refractivity contribution is 6.03. The van der Waals surface area contributed by atoms with E-state index in [-0.39, 0.29) is 18.0 Å². The van der Waals surface area contributed by atoms with Crippen LogP contribution in [0.1, 0.15) is 35.7 Å². The molecule has 11 heteroatoms. The number of fused-ring (bicyclic) bond motifs is 1. The molecule has 226 valence electrons. The molecule has 0 aliphatic carbocycles. The van der Waals surface area contributed by atoms with Crippen molar-refractivity contribution in [3.8, 4) is 17.2 Å². The Hall–Kier alpha value is -4.45. The molecule has 1 fully saturated rings. The van der Waals surface area contributed by atoms with Gasteiger partial charge in [-0.05, 0) is 49.7 Å². The Morgan fingerprint density at radius 1 is 1.07 bits per heavy atom. The van der Waals surface area contributed by atoms with E-state index in [2.05, 4.69) is 20.5 Å². The number of anilines is 1. The van der Waals surface area contributed by atoms with E-state index in [0.29, 0.717) is 66.4 Å². The van der Waals surface area contributed by atoms with Gasteiger partial charge in [-0.15, -0.1) is 0 Å². The number of carbonyl (C=O) groups excluding carboxylic acids is 2. The van der Waals surface area contributed by atoms with Crippen molar-refractivity contribution in [3.63, 3.8) is 0 Å². The Bertz CT molecular complexity index is 1560. The summed E-state index contributed by atoms with van der Waals surface area (Å²) in [5.74, 6) is 1.80. The van der Waals surface area contributed by atoms with Gasteiger partial charge in [0.2, 0.25) is 0 Å². The van der Waals surface area contributed by atoms with Crippen molar-refractivity contribution in [3.05, 3.63) is 78.1 Å². The zero-order valence-electron chi connectivity index (χ0n) is 24.6. The summed E-state index contributed by atoms with van der Waals surface area (Å²) >= 11 is 0. The molecule has 4 aromatic rings. The average Bonchev–Trinajstić information content (AvgIpc) is 3.39. The minimum atomic E-state index is -0.336. The van der Waals surface area contributed by atoms with Gasteiger partial charge in [-0.1, -0.05) is 12.1 Å². The number of pyridine rings is 1. The molecule has 3 heterocycles. The third-order valence-corrected chi connectivity index (χ3v) is 7.20. The molecule has 1 aliphatic rings. The molecule has 3 N–H and O–H groups in total. The maximum atomic E-state index is 13.0. The summed E-state index contributed by atoms with van der Waals surface area (Å²) in [7, 11) is 1.57. The van der Waals surface area contributed by atoms with Crippen molar-refractivity contribution >= 4 is 28.7 Å². The van der Waals surface area contributed by atoms with Crippen molar-refractivity contribution in [2.75, 3.05) is 51.8 Å². The molecule has 0 unspecified atom stereocenters. The molecule has 1 atom stereocenters. The lowest BCUT2D eigenvalue weighted by atomic mass is 9.90. The van der Waals surface area contributed by atoms with Crippen LogP contribution in [0.2, 0.25) is 0 Å². The second-order valence-corrected chi connectivity index (χ2v) is 10.5. The lowest BCUT2D eigenvalue weighted by Gasteiger charge is -2.40. The first kappa shape index (κ1) is 30.0. The van der Waals surface area contributed by atoms with E-state index in [1.54, 1.807) is 50.6 Å². The van der Waals surface area contributed by atoms with E-state index in [1.807, 2.05) is 37.3 Å². The molecule has 0 spiro atoms. The first-order valence-electron chi connectivity index (χ1n) is 14.4. The van der Waals surface area contributed by atoms with Crippen LogP contribution in [0.3, 0.4) is 0 Å². The van der Waals surface area contributed by atoms with Gasteiger partial charge in [0, 0.05) is 74.7 Å². The fraction of sp³-hybridized carbons (Fsp3) is 0.344. The summed E-state index contributed by atoms with van der Waals surface area (Å²) in [6, 6.07) is 16.0. The maximum Gasteiger partial charge on any atom is 0.325 e. The zero-order chi connectivity index (χ0) is 30.3. The Morgan fingerprint density at radius 2 is 1.86 bits per heavy atom. The lowest BCUT2D eigenvalue weighted by molar-refractivity contribution is 0.0741. The number of hydrogen-bond acceptors (Lipinski definition) is 8. The topological polar surface area (TPSA) is 127 Å². The Labute approximate surface area is 250 Å². The quantitative estimate of drug-likeness (QED) is 0.207. The smallest absolute Gasteiger partial charge is 0.325 e. The van der Waals surface area contributed by atoms with Crippen LogP contribution >= 0.6 is 0 Å². The van der Waals surface area contributed by atoms with Crippen molar-refractivity contribution in [2.45, 2.75) is 25.9 Å². The number of amides is 2. The monoisotopic (exact) mass is 587 g/mol. The molecule has 0 saturated carbocycles.